The van der Waals surface area contributed by atoms with Gasteiger partial charge in [-0.2, -0.15) is 0 Å². The maximum absolute atomic E-state index is 11.8. The number of hydrogen-bond acceptors (Lipinski definition) is 3. The van der Waals surface area contributed by atoms with Gasteiger partial charge in [-0.3, -0.25) is 0 Å². The van der Waals surface area contributed by atoms with E-state index in [9.17, 15) is 14.7 Å². The second kappa shape index (κ2) is 7.11. The Kier molecular flexibility index (Phi) is 5.74. The molecule has 0 aromatic heterocycles. The quantitative estimate of drug-likeness (QED) is 0.873. The van der Waals surface area contributed by atoms with Crippen LogP contribution in [-0.4, -0.2) is 28.3 Å². The van der Waals surface area contributed by atoms with E-state index in [1.54, 1.807) is 26.8 Å². The second-order valence-corrected chi connectivity index (χ2v) is 6.28. The number of nitrogens with one attached hydrogen (secondary N) is 1. The molecule has 0 spiro atoms. The van der Waals surface area contributed by atoms with Crippen LogP contribution in [0, 0.1) is 0 Å². The molecule has 1 aromatic rings. The number of carbonyl (C=O) groups excluding carboxylic acids is 1. The maximum Gasteiger partial charge on any atom is 0.408 e. The Morgan fingerprint density at radius 3 is 2.27 bits per heavy atom. The molecule has 5 heteroatoms. The molecule has 5 nitrogen and oxygen atoms in total. The number of benzene rings is 1. The van der Waals surface area contributed by atoms with Gasteiger partial charge in [-0.15, -0.1) is 0 Å². The highest BCUT2D eigenvalue weighted by Crippen LogP contribution is 2.15. The number of aliphatic carboxylic acids is 1. The van der Waals surface area contributed by atoms with Crippen molar-refractivity contribution < 1.29 is 19.4 Å². The summed E-state index contributed by atoms with van der Waals surface area (Å²) in [4.78, 5) is 23.3. The lowest BCUT2D eigenvalue weighted by Gasteiger charge is -2.27. The predicted molar refractivity (Wildman–Crippen MR) is 85.5 cm³/mol. The average molecular weight is 305 g/mol. The minimum Gasteiger partial charge on any atom is -0.480 e. The van der Waals surface area contributed by atoms with E-state index in [0.717, 1.165) is 5.56 Å². The zero-order valence-corrected chi connectivity index (χ0v) is 13.4. The molecule has 0 radical (unpaired) electrons. The van der Waals surface area contributed by atoms with E-state index in [4.69, 9.17) is 4.74 Å². The van der Waals surface area contributed by atoms with Gasteiger partial charge in [0.15, 0.2) is 0 Å². The van der Waals surface area contributed by atoms with Crippen molar-refractivity contribution >= 4 is 18.1 Å². The van der Waals surface area contributed by atoms with E-state index in [1.165, 1.54) is 6.92 Å². The lowest BCUT2D eigenvalue weighted by molar-refractivity contribution is -0.144. The van der Waals surface area contributed by atoms with Crippen molar-refractivity contribution in [2.75, 3.05) is 0 Å². The Balaban J connectivity index is 2.73. The Hall–Kier alpha value is -2.30. The third-order valence-electron chi connectivity index (χ3n) is 2.88. The zero-order valence-electron chi connectivity index (χ0n) is 13.4. The molecule has 0 saturated heterocycles. The third-order valence-corrected chi connectivity index (χ3v) is 2.88. The van der Waals surface area contributed by atoms with Crippen molar-refractivity contribution in [1.29, 1.82) is 0 Å². The van der Waals surface area contributed by atoms with Crippen molar-refractivity contribution in [3.63, 3.8) is 0 Å². The second-order valence-electron chi connectivity index (χ2n) is 6.28. The highest BCUT2D eigenvalue weighted by atomic mass is 16.6. The van der Waals surface area contributed by atoms with E-state index in [1.807, 2.05) is 36.4 Å². The minimum absolute atomic E-state index is 0.149. The molecule has 120 valence electrons. The Morgan fingerprint density at radius 1 is 1.18 bits per heavy atom. The van der Waals surface area contributed by atoms with Gasteiger partial charge in [-0.25, -0.2) is 9.59 Å². The van der Waals surface area contributed by atoms with Gasteiger partial charge in [0.25, 0.3) is 0 Å². The summed E-state index contributed by atoms with van der Waals surface area (Å²) in [6.07, 6.45) is 2.94. The summed E-state index contributed by atoms with van der Waals surface area (Å²) in [5, 5.41) is 11.8. The van der Waals surface area contributed by atoms with E-state index >= 15 is 0 Å². The first-order valence-corrected chi connectivity index (χ1v) is 7.08. The molecule has 1 atom stereocenters. The molecule has 22 heavy (non-hydrogen) atoms. The van der Waals surface area contributed by atoms with Gasteiger partial charge < -0.3 is 15.2 Å². The number of alkyl carbamates (subject to hydrolysis) is 1. The fourth-order valence-corrected chi connectivity index (χ4v) is 1.72. The molecule has 0 saturated carbocycles. The SMILES string of the molecule is CC(C)(C)OC(=O)NC(C)(C/C=C\c1ccccc1)C(=O)O. The number of carboxylic acid groups (broad SMARTS) is 1. The van der Waals surface area contributed by atoms with Crippen LogP contribution >= 0.6 is 0 Å². The smallest absolute Gasteiger partial charge is 0.408 e. The number of carbonyl (C=O) groups is 2. The van der Waals surface area contributed by atoms with Crippen molar-refractivity contribution in [1.82, 2.24) is 5.32 Å². The molecule has 0 bridgehead atoms. The summed E-state index contributed by atoms with van der Waals surface area (Å²) >= 11 is 0. The number of amides is 1. The lowest BCUT2D eigenvalue weighted by atomic mass is 9.97. The number of rotatable bonds is 5. The molecule has 1 amide bonds. The molecule has 0 aliphatic heterocycles. The van der Waals surface area contributed by atoms with Crippen LogP contribution in [0.1, 0.15) is 39.7 Å². The summed E-state index contributed by atoms with van der Waals surface area (Å²) in [6, 6.07) is 9.53. The van der Waals surface area contributed by atoms with Crippen LogP contribution in [0.5, 0.6) is 0 Å². The van der Waals surface area contributed by atoms with Gasteiger partial charge in [0.2, 0.25) is 0 Å². The summed E-state index contributed by atoms with van der Waals surface area (Å²) < 4.78 is 5.11. The molecular formula is C17H23NO4. The van der Waals surface area contributed by atoms with E-state index in [-0.39, 0.29) is 6.42 Å². The number of hydrogen-bond donors (Lipinski definition) is 2. The molecule has 0 aliphatic rings. The summed E-state index contributed by atoms with van der Waals surface area (Å²) in [5.74, 6) is -1.11. The van der Waals surface area contributed by atoms with Crippen molar-refractivity contribution in [3.8, 4) is 0 Å². The van der Waals surface area contributed by atoms with Crippen molar-refractivity contribution in [3.05, 3.63) is 42.0 Å². The van der Waals surface area contributed by atoms with E-state index < -0.39 is 23.2 Å². The van der Waals surface area contributed by atoms with Crippen LogP contribution in [0.3, 0.4) is 0 Å². The topological polar surface area (TPSA) is 75.6 Å². The monoisotopic (exact) mass is 305 g/mol. The highest BCUT2D eigenvalue weighted by molar-refractivity contribution is 5.84. The first kappa shape index (κ1) is 17.8. The fraction of sp³-hybridized carbons (Fsp3) is 0.412. The molecule has 1 unspecified atom stereocenters. The van der Waals surface area contributed by atoms with Gasteiger partial charge in [-0.1, -0.05) is 42.5 Å². The number of ether oxygens (including phenoxy) is 1. The van der Waals surface area contributed by atoms with Crippen LogP contribution in [0.4, 0.5) is 4.79 Å². The van der Waals surface area contributed by atoms with Gasteiger partial charge in [0.05, 0.1) is 0 Å². The fourth-order valence-electron chi connectivity index (χ4n) is 1.72. The minimum atomic E-state index is -1.42. The van der Waals surface area contributed by atoms with E-state index in [0.29, 0.717) is 0 Å². The molecule has 1 aromatic carbocycles. The van der Waals surface area contributed by atoms with Crippen LogP contribution in [0.2, 0.25) is 0 Å². The average Bonchev–Trinajstić information content (AvgIpc) is 2.37. The van der Waals surface area contributed by atoms with Crippen LogP contribution in [0.15, 0.2) is 36.4 Å². The Labute approximate surface area is 131 Å². The van der Waals surface area contributed by atoms with E-state index in [2.05, 4.69) is 5.32 Å². The van der Waals surface area contributed by atoms with Gasteiger partial charge in [-0.05, 0) is 39.7 Å². The number of carboxylic acids is 1. The highest BCUT2D eigenvalue weighted by Gasteiger charge is 2.35. The molecule has 0 aliphatic carbocycles. The van der Waals surface area contributed by atoms with Crippen LogP contribution < -0.4 is 5.32 Å². The maximum atomic E-state index is 11.8. The zero-order chi connectivity index (χ0) is 16.8. The molecule has 0 heterocycles. The summed E-state index contributed by atoms with van der Waals surface area (Å²) in [5.41, 5.74) is -1.13. The molecule has 2 N–H and O–H groups in total. The van der Waals surface area contributed by atoms with Gasteiger partial charge in [0, 0.05) is 0 Å². The van der Waals surface area contributed by atoms with Crippen LogP contribution in [-0.2, 0) is 9.53 Å². The van der Waals surface area contributed by atoms with Crippen molar-refractivity contribution in [2.45, 2.75) is 45.3 Å². The van der Waals surface area contributed by atoms with Gasteiger partial charge in [0.1, 0.15) is 11.1 Å². The predicted octanol–water partition coefficient (Wildman–Crippen LogP) is 3.46. The standard InChI is InChI=1S/C17H23NO4/c1-16(2,3)22-15(21)18-17(4,14(19)20)12-8-11-13-9-6-5-7-10-13/h5-11H,12H2,1-4H3,(H,18,21)(H,19,20)/b11-8-. The summed E-state index contributed by atoms with van der Waals surface area (Å²) in [6.45, 7) is 6.62. The molecule has 0 fully saturated rings. The van der Waals surface area contributed by atoms with Gasteiger partial charge >= 0.3 is 12.1 Å². The normalized spacial score (nSPS) is 14.4. The van der Waals surface area contributed by atoms with Crippen LogP contribution in [0.25, 0.3) is 6.08 Å². The summed E-state index contributed by atoms with van der Waals surface area (Å²) in [7, 11) is 0. The van der Waals surface area contributed by atoms with Crippen molar-refractivity contribution in [2.24, 2.45) is 0 Å². The Bertz CT molecular complexity index is 546. The Morgan fingerprint density at radius 2 is 1.77 bits per heavy atom. The first-order valence-electron chi connectivity index (χ1n) is 7.08. The molecule has 1 rings (SSSR count). The lowest BCUT2D eigenvalue weighted by Crippen LogP contribution is -2.53. The first-order chi connectivity index (χ1) is 10.1. The third kappa shape index (κ3) is 5.99. The largest absolute Gasteiger partial charge is 0.480 e. The molecular weight excluding hydrogens is 282 g/mol.